The predicted octanol–water partition coefficient (Wildman–Crippen LogP) is 2.70. The number of aromatic nitrogens is 1. The van der Waals surface area contributed by atoms with Gasteiger partial charge in [-0.3, -0.25) is 14.4 Å². The SMILES string of the molecule is CC(=O)c1[nH]c(C)c(C(=O)N2CCC3(CCCN(CC4CC4)C3=O)C2)c1C. The van der Waals surface area contributed by atoms with Crippen molar-refractivity contribution < 1.29 is 14.4 Å². The lowest BCUT2D eigenvalue weighted by molar-refractivity contribution is -0.145. The predicted molar refractivity (Wildman–Crippen MR) is 102 cm³/mol. The van der Waals surface area contributed by atoms with Crippen LogP contribution in [0, 0.1) is 25.2 Å². The third-order valence-corrected chi connectivity index (χ3v) is 6.64. The summed E-state index contributed by atoms with van der Waals surface area (Å²) in [5.41, 5.74) is 2.15. The Hall–Kier alpha value is -2.11. The number of Topliss-reactive ketones (excluding diaryl/α,β-unsaturated/α-hetero) is 1. The van der Waals surface area contributed by atoms with E-state index in [1.54, 1.807) is 0 Å². The van der Waals surface area contributed by atoms with E-state index in [2.05, 4.69) is 9.88 Å². The second kappa shape index (κ2) is 6.50. The van der Waals surface area contributed by atoms with Gasteiger partial charge < -0.3 is 14.8 Å². The van der Waals surface area contributed by atoms with Crippen molar-refractivity contribution in [3.8, 4) is 0 Å². The van der Waals surface area contributed by atoms with E-state index >= 15 is 0 Å². The van der Waals surface area contributed by atoms with Crippen LogP contribution in [0.25, 0.3) is 0 Å². The largest absolute Gasteiger partial charge is 0.355 e. The second-order valence-electron chi connectivity index (χ2n) is 8.74. The third kappa shape index (κ3) is 3.09. The van der Waals surface area contributed by atoms with Crippen LogP contribution < -0.4 is 0 Å². The zero-order valence-corrected chi connectivity index (χ0v) is 16.6. The summed E-state index contributed by atoms with van der Waals surface area (Å²) in [7, 11) is 0. The van der Waals surface area contributed by atoms with E-state index in [0.29, 0.717) is 30.3 Å². The van der Waals surface area contributed by atoms with Gasteiger partial charge >= 0.3 is 0 Å². The van der Waals surface area contributed by atoms with Gasteiger partial charge in [0.05, 0.1) is 16.7 Å². The fraction of sp³-hybridized carbons (Fsp3) is 0.667. The molecule has 1 aromatic rings. The molecule has 1 saturated carbocycles. The Kier molecular flexibility index (Phi) is 4.40. The summed E-state index contributed by atoms with van der Waals surface area (Å²) in [6.45, 7) is 8.04. The number of likely N-dealkylation sites (tertiary alicyclic amines) is 2. The number of nitrogens with zero attached hydrogens (tertiary/aromatic N) is 2. The lowest BCUT2D eigenvalue weighted by Crippen LogP contribution is -2.51. The number of H-pyrrole nitrogens is 1. The molecule has 1 aromatic heterocycles. The average molecular weight is 371 g/mol. The fourth-order valence-electron chi connectivity index (χ4n) is 4.94. The molecule has 0 radical (unpaired) electrons. The molecule has 2 aliphatic heterocycles. The lowest BCUT2D eigenvalue weighted by atomic mass is 9.78. The van der Waals surface area contributed by atoms with Crippen LogP contribution in [0.1, 0.15) is 71.1 Å². The molecule has 1 atom stereocenters. The van der Waals surface area contributed by atoms with Gasteiger partial charge in [-0.15, -0.1) is 0 Å². The van der Waals surface area contributed by atoms with Gasteiger partial charge in [0.1, 0.15) is 0 Å². The third-order valence-electron chi connectivity index (χ3n) is 6.64. The summed E-state index contributed by atoms with van der Waals surface area (Å²) in [6, 6.07) is 0. The number of rotatable bonds is 4. The van der Waals surface area contributed by atoms with Crippen molar-refractivity contribution in [1.82, 2.24) is 14.8 Å². The Balaban J connectivity index is 1.53. The van der Waals surface area contributed by atoms with Crippen molar-refractivity contribution in [3.05, 3.63) is 22.5 Å². The number of piperidine rings is 1. The smallest absolute Gasteiger partial charge is 0.255 e. The Morgan fingerprint density at radius 1 is 1.19 bits per heavy atom. The van der Waals surface area contributed by atoms with E-state index in [0.717, 1.165) is 43.6 Å². The number of carbonyl (C=O) groups is 3. The van der Waals surface area contributed by atoms with E-state index in [-0.39, 0.29) is 17.6 Å². The maximum absolute atomic E-state index is 13.2. The van der Waals surface area contributed by atoms with Gasteiger partial charge in [0.15, 0.2) is 5.78 Å². The standard InChI is InChI=1S/C21H29N3O3/c1-13-17(14(2)22-18(13)15(3)25)19(26)24-10-8-21(12-24)7-4-9-23(20(21)27)11-16-5-6-16/h16,22H,4-12H2,1-3H3. The molecule has 6 nitrogen and oxygen atoms in total. The first-order valence-electron chi connectivity index (χ1n) is 10.1. The van der Waals surface area contributed by atoms with Crippen LogP contribution in [0.4, 0.5) is 0 Å². The van der Waals surface area contributed by atoms with E-state index in [1.165, 1.54) is 19.8 Å². The van der Waals surface area contributed by atoms with Crippen molar-refractivity contribution in [2.24, 2.45) is 11.3 Å². The van der Waals surface area contributed by atoms with Crippen LogP contribution in [0.5, 0.6) is 0 Å². The molecule has 3 aliphatic rings. The Labute approximate surface area is 160 Å². The summed E-state index contributed by atoms with van der Waals surface area (Å²) in [4.78, 5) is 45.1. The molecule has 146 valence electrons. The van der Waals surface area contributed by atoms with Crippen molar-refractivity contribution in [1.29, 1.82) is 0 Å². The van der Waals surface area contributed by atoms with Crippen molar-refractivity contribution in [3.63, 3.8) is 0 Å². The van der Waals surface area contributed by atoms with Gasteiger partial charge in [0, 0.05) is 38.8 Å². The molecule has 0 bridgehead atoms. The number of aryl methyl sites for hydroxylation is 1. The molecular formula is C21H29N3O3. The molecule has 1 aliphatic carbocycles. The molecule has 1 spiro atoms. The Morgan fingerprint density at radius 2 is 1.93 bits per heavy atom. The van der Waals surface area contributed by atoms with Gasteiger partial charge in [-0.25, -0.2) is 0 Å². The van der Waals surface area contributed by atoms with Gasteiger partial charge in [0.2, 0.25) is 5.91 Å². The maximum atomic E-state index is 13.2. The maximum Gasteiger partial charge on any atom is 0.255 e. The van der Waals surface area contributed by atoms with Crippen LogP contribution in [-0.4, -0.2) is 58.6 Å². The van der Waals surface area contributed by atoms with Crippen LogP contribution in [0.2, 0.25) is 0 Å². The zero-order valence-electron chi connectivity index (χ0n) is 16.6. The molecule has 1 unspecified atom stereocenters. The highest BCUT2D eigenvalue weighted by atomic mass is 16.2. The lowest BCUT2D eigenvalue weighted by Gasteiger charge is -2.39. The van der Waals surface area contributed by atoms with E-state index in [4.69, 9.17) is 0 Å². The summed E-state index contributed by atoms with van der Waals surface area (Å²) in [5.74, 6) is 0.824. The van der Waals surface area contributed by atoms with Crippen LogP contribution in [0.15, 0.2) is 0 Å². The summed E-state index contributed by atoms with van der Waals surface area (Å²) in [6.07, 6.45) is 5.14. The van der Waals surface area contributed by atoms with E-state index in [9.17, 15) is 14.4 Å². The average Bonchev–Trinajstić information content (AvgIpc) is 3.25. The van der Waals surface area contributed by atoms with Gasteiger partial charge in [0.25, 0.3) is 5.91 Å². The molecule has 3 heterocycles. The zero-order chi connectivity index (χ0) is 19.3. The van der Waals surface area contributed by atoms with E-state index < -0.39 is 5.41 Å². The van der Waals surface area contributed by atoms with Crippen LogP contribution in [-0.2, 0) is 4.79 Å². The van der Waals surface area contributed by atoms with Crippen LogP contribution >= 0.6 is 0 Å². The minimum atomic E-state index is -0.398. The molecule has 4 rings (SSSR count). The Morgan fingerprint density at radius 3 is 2.56 bits per heavy atom. The quantitative estimate of drug-likeness (QED) is 0.827. The van der Waals surface area contributed by atoms with E-state index in [1.807, 2.05) is 18.7 Å². The molecule has 2 saturated heterocycles. The van der Waals surface area contributed by atoms with Gasteiger partial charge in [-0.2, -0.15) is 0 Å². The summed E-state index contributed by atoms with van der Waals surface area (Å²) >= 11 is 0. The molecule has 6 heteroatoms. The number of nitrogens with one attached hydrogen (secondary N) is 1. The molecule has 27 heavy (non-hydrogen) atoms. The number of amides is 2. The number of hydrogen-bond acceptors (Lipinski definition) is 3. The highest BCUT2D eigenvalue weighted by Gasteiger charge is 2.50. The minimum absolute atomic E-state index is 0.0576. The molecule has 2 amide bonds. The van der Waals surface area contributed by atoms with Crippen molar-refractivity contribution >= 4 is 17.6 Å². The topological polar surface area (TPSA) is 73.5 Å². The molecule has 3 fully saturated rings. The number of ketones is 1. The highest BCUT2D eigenvalue weighted by Crippen LogP contribution is 2.42. The Bertz CT molecular complexity index is 808. The number of carbonyl (C=O) groups excluding carboxylic acids is 3. The normalized spacial score (nSPS) is 25.5. The minimum Gasteiger partial charge on any atom is -0.355 e. The number of hydrogen-bond donors (Lipinski definition) is 1. The van der Waals surface area contributed by atoms with Crippen molar-refractivity contribution in [2.75, 3.05) is 26.2 Å². The second-order valence-corrected chi connectivity index (χ2v) is 8.74. The van der Waals surface area contributed by atoms with Gasteiger partial charge in [-0.1, -0.05) is 0 Å². The first-order valence-corrected chi connectivity index (χ1v) is 10.1. The number of aromatic amines is 1. The molecular weight excluding hydrogens is 342 g/mol. The monoisotopic (exact) mass is 371 g/mol. The fourth-order valence-corrected chi connectivity index (χ4v) is 4.94. The summed E-state index contributed by atoms with van der Waals surface area (Å²) in [5, 5.41) is 0. The molecule has 0 aromatic carbocycles. The first-order chi connectivity index (χ1) is 12.8. The summed E-state index contributed by atoms with van der Waals surface area (Å²) < 4.78 is 0. The highest BCUT2D eigenvalue weighted by molar-refractivity contribution is 6.03. The first kappa shape index (κ1) is 18.3. The van der Waals surface area contributed by atoms with Crippen LogP contribution in [0.3, 0.4) is 0 Å². The van der Waals surface area contributed by atoms with Crippen molar-refractivity contribution in [2.45, 2.75) is 52.9 Å². The molecule has 1 N–H and O–H groups in total. The van der Waals surface area contributed by atoms with Gasteiger partial charge in [-0.05, 0) is 57.4 Å².